The van der Waals surface area contributed by atoms with Crippen LogP contribution in [0.4, 0.5) is 5.82 Å². The van der Waals surface area contributed by atoms with Crippen LogP contribution >= 0.6 is 0 Å². The average molecular weight is 217 g/mol. The molecule has 0 aromatic carbocycles. The van der Waals surface area contributed by atoms with Crippen LogP contribution in [0.15, 0.2) is 12.1 Å². The topological polar surface area (TPSA) is 37.0 Å². The number of hydrogen-bond acceptors (Lipinski definition) is 3. The second kappa shape index (κ2) is 4.06. The van der Waals surface area contributed by atoms with Gasteiger partial charge < -0.3 is 10.6 Å². The zero-order valence-corrected chi connectivity index (χ0v) is 9.79. The lowest BCUT2D eigenvalue weighted by atomic mass is 10.2. The Kier molecular flexibility index (Phi) is 2.56. The molecule has 2 aliphatic carbocycles. The van der Waals surface area contributed by atoms with Gasteiger partial charge in [-0.1, -0.05) is 6.07 Å². The van der Waals surface area contributed by atoms with Crippen LogP contribution in [0.2, 0.25) is 0 Å². The predicted molar refractivity (Wildman–Crippen MR) is 65.5 cm³/mol. The molecule has 1 aromatic rings. The Morgan fingerprint density at radius 1 is 1.19 bits per heavy atom. The summed E-state index contributed by atoms with van der Waals surface area (Å²) in [5.74, 6) is 1.04. The molecule has 2 N–H and O–H groups in total. The SMILES string of the molecule is Cc1nc(NC2CC2)ccc1CNC1CC1. The van der Waals surface area contributed by atoms with Gasteiger partial charge in [0.05, 0.1) is 0 Å². The fourth-order valence-corrected chi connectivity index (χ4v) is 1.84. The fourth-order valence-electron chi connectivity index (χ4n) is 1.84. The van der Waals surface area contributed by atoms with E-state index in [9.17, 15) is 0 Å². The maximum absolute atomic E-state index is 4.60. The number of aryl methyl sites for hydroxylation is 1. The van der Waals surface area contributed by atoms with Crippen LogP contribution in [0.25, 0.3) is 0 Å². The van der Waals surface area contributed by atoms with Gasteiger partial charge in [0.15, 0.2) is 0 Å². The predicted octanol–water partition coefficient (Wildman–Crippen LogP) is 2.22. The third-order valence-electron chi connectivity index (χ3n) is 3.28. The lowest BCUT2D eigenvalue weighted by molar-refractivity contribution is 0.682. The Morgan fingerprint density at radius 2 is 1.94 bits per heavy atom. The fraction of sp³-hybridized carbons (Fsp3) is 0.615. The molecule has 0 spiro atoms. The number of pyridine rings is 1. The van der Waals surface area contributed by atoms with E-state index < -0.39 is 0 Å². The van der Waals surface area contributed by atoms with Crippen molar-refractivity contribution in [3.63, 3.8) is 0 Å². The van der Waals surface area contributed by atoms with Crippen LogP contribution in [0.5, 0.6) is 0 Å². The van der Waals surface area contributed by atoms with Crippen molar-refractivity contribution in [2.24, 2.45) is 0 Å². The van der Waals surface area contributed by atoms with E-state index in [0.717, 1.165) is 24.1 Å². The van der Waals surface area contributed by atoms with E-state index in [4.69, 9.17) is 0 Å². The summed E-state index contributed by atoms with van der Waals surface area (Å²) < 4.78 is 0. The first kappa shape index (κ1) is 10.1. The Hall–Kier alpha value is -1.09. The molecule has 2 saturated carbocycles. The maximum atomic E-state index is 4.60. The molecule has 2 fully saturated rings. The van der Waals surface area contributed by atoms with Gasteiger partial charge in [-0.3, -0.25) is 0 Å². The molecule has 1 aromatic heterocycles. The van der Waals surface area contributed by atoms with Gasteiger partial charge in [0.25, 0.3) is 0 Å². The summed E-state index contributed by atoms with van der Waals surface area (Å²) in [4.78, 5) is 4.60. The van der Waals surface area contributed by atoms with Crippen LogP contribution in [0.1, 0.15) is 36.9 Å². The van der Waals surface area contributed by atoms with E-state index in [1.165, 1.54) is 31.2 Å². The van der Waals surface area contributed by atoms with Gasteiger partial charge in [-0.15, -0.1) is 0 Å². The molecular weight excluding hydrogens is 198 g/mol. The van der Waals surface area contributed by atoms with Crippen molar-refractivity contribution < 1.29 is 0 Å². The number of nitrogens with one attached hydrogen (secondary N) is 2. The number of aromatic nitrogens is 1. The molecule has 86 valence electrons. The molecule has 0 amide bonds. The van der Waals surface area contributed by atoms with E-state index in [2.05, 4.69) is 34.7 Å². The number of nitrogens with zero attached hydrogens (tertiary/aromatic N) is 1. The number of rotatable bonds is 5. The smallest absolute Gasteiger partial charge is 0.126 e. The van der Waals surface area contributed by atoms with Gasteiger partial charge in [0.1, 0.15) is 5.82 Å². The zero-order chi connectivity index (χ0) is 11.0. The van der Waals surface area contributed by atoms with Crippen LogP contribution < -0.4 is 10.6 Å². The maximum Gasteiger partial charge on any atom is 0.126 e. The summed E-state index contributed by atoms with van der Waals surface area (Å²) in [6.45, 7) is 3.06. The molecule has 16 heavy (non-hydrogen) atoms. The van der Waals surface area contributed by atoms with Crippen LogP contribution in [0.3, 0.4) is 0 Å². The first-order chi connectivity index (χ1) is 7.81. The van der Waals surface area contributed by atoms with Gasteiger partial charge >= 0.3 is 0 Å². The van der Waals surface area contributed by atoms with E-state index in [1.54, 1.807) is 0 Å². The summed E-state index contributed by atoms with van der Waals surface area (Å²) in [6.07, 6.45) is 5.28. The zero-order valence-electron chi connectivity index (χ0n) is 9.79. The molecule has 0 aliphatic heterocycles. The average Bonchev–Trinajstić information content (AvgIpc) is 3.11. The molecule has 0 unspecified atom stereocenters. The van der Waals surface area contributed by atoms with Crippen molar-refractivity contribution >= 4 is 5.82 Å². The minimum Gasteiger partial charge on any atom is -0.367 e. The van der Waals surface area contributed by atoms with Crippen molar-refractivity contribution in [3.05, 3.63) is 23.4 Å². The summed E-state index contributed by atoms with van der Waals surface area (Å²) in [6, 6.07) is 5.75. The molecule has 0 radical (unpaired) electrons. The molecule has 0 saturated heterocycles. The lowest BCUT2D eigenvalue weighted by Crippen LogP contribution is -2.16. The van der Waals surface area contributed by atoms with Crippen LogP contribution in [-0.2, 0) is 6.54 Å². The highest BCUT2D eigenvalue weighted by atomic mass is 15.0. The van der Waals surface area contributed by atoms with E-state index in [1.807, 2.05) is 0 Å². The van der Waals surface area contributed by atoms with E-state index >= 15 is 0 Å². The second-order valence-corrected chi connectivity index (χ2v) is 5.01. The van der Waals surface area contributed by atoms with Gasteiger partial charge in [-0.05, 0) is 44.2 Å². The molecule has 2 aliphatic rings. The van der Waals surface area contributed by atoms with Gasteiger partial charge in [-0.25, -0.2) is 4.98 Å². The van der Waals surface area contributed by atoms with Gasteiger partial charge in [-0.2, -0.15) is 0 Å². The standard InChI is InChI=1S/C13H19N3/c1-9-10(8-14-11-3-4-11)2-7-13(15-9)16-12-5-6-12/h2,7,11-12,14H,3-6,8H2,1H3,(H,15,16). The van der Waals surface area contributed by atoms with Crippen molar-refractivity contribution in [2.45, 2.75) is 51.2 Å². The van der Waals surface area contributed by atoms with E-state index in [-0.39, 0.29) is 0 Å². The first-order valence-electron chi connectivity index (χ1n) is 6.28. The minimum atomic E-state index is 0.683. The Bertz CT molecular complexity index is 381. The molecular formula is C13H19N3. The van der Waals surface area contributed by atoms with Gasteiger partial charge in [0, 0.05) is 24.3 Å². The lowest BCUT2D eigenvalue weighted by Gasteiger charge is -2.09. The normalized spacial score (nSPS) is 19.8. The highest BCUT2D eigenvalue weighted by Crippen LogP contribution is 2.24. The molecule has 0 bridgehead atoms. The Labute approximate surface area is 96.7 Å². The van der Waals surface area contributed by atoms with E-state index in [0.29, 0.717) is 6.04 Å². The van der Waals surface area contributed by atoms with Crippen molar-refractivity contribution in [1.82, 2.24) is 10.3 Å². The van der Waals surface area contributed by atoms with Crippen molar-refractivity contribution in [1.29, 1.82) is 0 Å². The molecule has 3 nitrogen and oxygen atoms in total. The number of anilines is 1. The Morgan fingerprint density at radius 3 is 2.56 bits per heavy atom. The third-order valence-corrected chi connectivity index (χ3v) is 3.28. The van der Waals surface area contributed by atoms with Crippen LogP contribution in [0, 0.1) is 6.92 Å². The summed E-state index contributed by atoms with van der Waals surface area (Å²) in [7, 11) is 0. The number of hydrogen-bond donors (Lipinski definition) is 2. The quantitative estimate of drug-likeness (QED) is 0.794. The molecule has 1 heterocycles. The van der Waals surface area contributed by atoms with Crippen molar-refractivity contribution in [2.75, 3.05) is 5.32 Å². The van der Waals surface area contributed by atoms with Gasteiger partial charge in [0.2, 0.25) is 0 Å². The first-order valence-corrected chi connectivity index (χ1v) is 6.28. The molecule has 3 heteroatoms. The summed E-state index contributed by atoms with van der Waals surface area (Å²) >= 11 is 0. The summed E-state index contributed by atoms with van der Waals surface area (Å²) in [5.41, 5.74) is 2.48. The highest BCUT2D eigenvalue weighted by Gasteiger charge is 2.22. The monoisotopic (exact) mass is 217 g/mol. The minimum absolute atomic E-state index is 0.683. The third kappa shape index (κ3) is 2.53. The van der Waals surface area contributed by atoms with Crippen molar-refractivity contribution in [3.8, 4) is 0 Å². The highest BCUT2D eigenvalue weighted by molar-refractivity contribution is 5.40. The van der Waals surface area contributed by atoms with Crippen LogP contribution in [-0.4, -0.2) is 17.1 Å². The molecule has 0 atom stereocenters. The second-order valence-electron chi connectivity index (χ2n) is 5.01. The molecule has 3 rings (SSSR count). The largest absolute Gasteiger partial charge is 0.367 e. The Balaban J connectivity index is 1.63. The summed E-state index contributed by atoms with van der Waals surface area (Å²) in [5, 5.41) is 6.96.